The average Bonchev–Trinajstić information content (AvgIpc) is 2.80. The molecule has 1 aromatic rings. The number of aryl methyl sites for hydroxylation is 1. The van der Waals surface area contributed by atoms with Crippen molar-refractivity contribution in [2.24, 2.45) is 5.41 Å². The molecule has 2 rings (SSSR count). The molecule has 1 aliphatic heterocycles. The maximum Gasteiger partial charge on any atom is 0.255 e. The molecule has 21 heavy (non-hydrogen) atoms. The summed E-state index contributed by atoms with van der Waals surface area (Å²) in [7, 11) is 0. The fourth-order valence-corrected chi connectivity index (χ4v) is 2.61. The molecular formula is C18H23NO2. The SMILES string of the molecule is Cc1ccc(C#CCCO)c(C(=O)N2CCC(C)(C)C2)c1. The van der Waals surface area contributed by atoms with E-state index in [9.17, 15) is 4.79 Å². The Morgan fingerprint density at radius 3 is 2.81 bits per heavy atom. The molecule has 0 spiro atoms. The van der Waals surface area contributed by atoms with Gasteiger partial charge in [0.25, 0.3) is 5.91 Å². The second kappa shape index (κ2) is 6.32. The fraction of sp³-hybridized carbons (Fsp3) is 0.500. The number of likely N-dealkylation sites (tertiary alicyclic amines) is 1. The molecule has 112 valence electrons. The van der Waals surface area contributed by atoms with Crippen LogP contribution >= 0.6 is 0 Å². The molecule has 1 aromatic carbocycles. The minimum absolute atomic E-state index is 0.0441. The molecule has 1 saturated heterocycles. The second-order valence-electron chi connectivity index (χ2n) is 6.47. The van der Waals surface area contributed by atoms with Gasteiger partial charge in [-0.05, 0) is 30.9 Å². The standard InChI is InChI=1S/C18H23NO2/c1-14-7-8-15(6-4-5-11-20)16(12-14)17(21)19-10-9-18(2,3)13-19/h7-8,12,20H,5,9-11,13H2,1-3H3. The molecular weight excluding hydrogens is 262 g/mol. The van der Waals surface area contributed by atoms with Gasteiger partial charge in [0.05, 0.1) is 12.2 Å². The highest BCUT2D eigenvalue weighted by atomic mass is 16.2. The van der Waals surface area contributed by atoms with Gasteiger partial charge >= 0.3 is 0 Å². The Bertz CT molecular complexity index is 593. The van der Waals surface area contributed by atoms with Gasteiger partial charge in [0.2, 0.25) is 0 Å². The van der Waals surface area contributed by atoms with Gasteiger partial charge in [0.15, 0.2) is 0 Å². The summed E-state index contributed by atoms with van der Waals surface area (Å²) in [6.07, 6.45) is 1.47. The predicted molar refractivity (Wildman–Crippen MR) is 84.1 cm³/mol. The van der Waals surface area contributed by atoms with Crippen LogP contribution in [-0.4, -0.2) is 35.6 Å². The van der Waals surface area contributed by atoms with E-state index in [4.69, 9.17) is 5.11 Å². The van der Waals surface area contributed by atoms with Crippen molar-refractivity contribution in [3.8, 4) is 11.8 Å². The summed E-state index contributed by atoms with van der Waals surface area (Å²) in [5.41, 5.74) is 2.69. The normalized spacial score (nSPS) is 16.5. The van der Waals surface area contributed by atoms with Gasteiger partial charge in [-0.25, -0.2) is 0 Å². The Balaban J connectivity index is 2.28. The first kappa shape index (κ1) is 15.6. The number of aliphatic hydroxyl groups excluding tert-OH is 1. The third-order valence-electron chi connectivity index (χ3n) is 3.83. The van der Waals surface area contributed by atoms with E-state index in [0.29, 0.717) is 12.0 Å². The minimum Gasteiger partial charge on any atom is -0.395 e. The number of aliphatic hydroxyl groups is 1. The summed E-state index contributed by atoms with van der Waals surface area (Å²) < 4.78 is 0. The maximum atomic E-state index is 12.7. The third-order valence-corrected chi connectivity index (χ3v) is 3.83. The van der Waals surface area contributed by atoms with Crippen molar-refractivity contribution in [3.05, 3.63) is 34.9 Å². The number of nitrogens with zero attached hydrogens (tertiary/aromatic N) is 1. The van der Waals surface area contributed by atoms with E-state index in [1.165, 1.54) is 0 Å². The topological polar surface area (TPSA) is 40.5 Å². The second-order valence-corrected chi connectivity index (χ2v) is 6.47. The van der Waals surface area contributed by atoms with Crippen molar-refractivity contribution in [1.82, 2.24) is 4.90 Å². The number of benzene rings is 1. The van der Waals surface area contributed by atoms with E-state index in [1.807, 2.05) is 30.0 Å². The molecule has 0 saturated carbocycles. The van der Waals surface area contributed by atoms with Gasteiger partial charge < -0.3 is 10.0 Å². The zero-order valence-electron chi connectivity index (χ0n) is 13.1. The number of hydrogen-bond donors (Lipinski definition) is 1. The molecule has 0 aromatic heterocycles. The van der Waals surface area contributed by atoms with Crippen LogP contribution in [0, 0.1) is 24.2 Å². The predicted octanol–water partition coefficient (Wildman–Crippen LogP) is 2.60. The van der Waals surface area contributed by atoms with E-state index < -0.39 is 0 Å². The van der Waals surface area contributed by atoms with Crippen molar-refractivity contribution in [3.63, 3.8) is 0 Å². The molecule has 1 fully saturated rings. The molecule has 1 amide bonds. The first-order valence-electron chi connectivity index (χ1n) is 7.43. The highest BCUT2D eigenvalue weighted by molar-refractivity contribution is 5.97. The molecule has 1 aliphatic rings. The van der Waals surface area contributed by atoms with E-state index in [0.717, 1.165) is 30.6 Å². The lowest BCUT2D eigenvalue weighted by atomic mass is 9.93. The molecule has 0 aliphatic carbocycles. The number of hydrogen-bond acceptors (Lipinski definition) is 2. The Kier molecular flexibility index (Phi) is 4.69. The summed E-state index contributed by atoms with van der Waals surface area (Å²) in [5, 5.41) is 8.82. The fourth-order valence-electron chi connectivity index (χ4n) is 2.61. The zero-order chi connectivity index (χ0) is 15.5. The number of amides is 1. The van der Waals surface area contributed by atoms with Crippen LogP contribution in [0.25, 0.3) is 0 Å². The largest absolute Gasteiger partial charge is 0.395 e. The summed E-state index contributed by atoms with van der Waals surface area (Å²) in [4.78, 5) is 14.7. The lowest BCUT2D eigenvalue weighted by Gasteiger charge is -2.20. The summed E-state index contributed by atoms with van der Waals surface area (Å²) >= 11 is 0. The maximum absolute atomic E-state index is 12.7. The van der Waals surface area contributed by atoms with E-state index in [1.54, 1.807) is 0 Å². The van der Waals surface area contributed by atoms with Crippen molar-refractivity contribution in [1.29, 1.82) is 0 Å². The van der Waals surface area contributed by atoms with Gasteiger partial charge in [-0.2, -0.15) is 0 Å². The number of rotatable bonds is 2. The Hall–Kier alpha value is -1.79. The van der Waals surface area contributed by atoms with Crippen molar-refractivity contribution < 1.29 is 9.90 Å². The van der Waals surface area contributed by atoms with E-state index in [2.05, 4.69) is 25.7 Å². The third kappa shape index (κ3) is 3.86. The zero-order valence-corrected chi connectivity index (χ0v) is 13.1. The molecule has 0 bridgehead atoms. The van der Waals surface area contributed by atoms with Crippen LogP contribution in [-0.2, 0) is 0 Å². The van der Waals surface area contributed by atoms with Crippen molar-refractivity contribution in [2.75, 3.05) is 19.7 Å². The van der Waals surface area contributed by atoms with Crippen molar-refractivity contribution >= 4 is 5.91 Å². The van der Waals surface area contributed by atoms with Gasteiger partial charge in [-0.1, -0.05) is 37.3 Å². The molecule has 0 unspecified atom stereocenters. The quantitative estimate of drug-likeness (QED) is 0.849. The lowest BCUT2D eigenvalue weighted by Crippen LogP contribution is -2.30. The summed E-state index contributed by atoms with van der Waals surface area (Å²) in [6.45, 7) is 8.02. The summed E-state index contributed by atoms with van der Waals surface area (Å²) in [6, 6.07) is 5.78. The average molecular weight is 285 g/mol. The van der Waals surface area contributed by atoms with Crippen molar-refractivity contribution in [2.45, 2.75) is 33.6 Å². The minimum atomic E-state index is 0.0441. The van der Waals surface area contributed by atoms with E-state index >= 15 is 0 Å². The van der Waals surface area contributed by atoms with Gasteiger partial charge in [0.1, 0.15) is 0 Å². The first-order valence-corrected chi connectivity index (χ1v) is 7.43. The van der Waals surface area contributed by atoms with Gasteiger partial charge in [-0.3, -0.25) is 4.79 Å². The van der Waals surface area contributed by atoms with E-state index in [-0.39, 0.29) is 17.9 Å². The van der Waals surface area contributed by atoms with Gasteiger partial charge in [0, 0.05) is 25.1 Å². The van der Waals surface area contributed by atoms with Crippen LogP contribution in [0.5, 0.6) is 0 Å². The van der Waals surface area contributed by atoms with Crippen LogP contribution in [0.2, 0.25) is 0 Å². The van der Waals surface area contributed by atoms with Crippen LogP contribution in [0.3, 0.4) is 0 Å². The Labute approximate surface area is 127 Å². The molecule has 0 radical (unpaired) electrons. The number of carbonyl (C=O) groups excluding carboxylic acids is 1. The monoisotopic (exact) mass is 285 g/mol. The Morgan fingerprint density at radius 1 is 1.43 bits per heavy atom. The summed E-state index contributed by atoms with van der Waals surface area (Å²) in [5.74, 6) is 5.98. The molecule has 1 heterocycles. The number of carbonyl (C=O) groups is 1. The molecule has 3 heteroatoms. The lowest BCUT2D eigenvalue weighted by molar-refractivity contribution is 0.0778. The molecule has 0 atom stereocenters. The highest BCUT2D eigenvalue weighted by Gasteiger charge is 2.32. The molecule has 3 nitrogen and oxygen atoms in total. The van der Waals surface area contributed by atoms with Gasteiger partial charge in [-0.15, -0.1) is 0 Å². The van der Waals surface area contributed by atoms with Crippen LogP contribution in [0.1, 0.15) is 48.2 Å². The Morgan fingerprint density at radius 2 is 2.19 bits per heavy atom. The van der Waals surface area contributed by atoms with Crippen LogP contribution in [0.15, 0.2) is 18.2 Å². The van der Waals surface area contributed by atoms with Crippen LogP contribution < -0.4 is 0 Å². The first-order chi connectivity index (χ1) is 9.93. The smallest absolute Gasteiger partial charge is 0.255 e. The molecule has 1 N–H and O–H groups in total. The highest BCUT2D eigenvalue weighted by Crippen LogP contribution is 2.30. The van der Waals surface area contributed by atoms with Crippen LogP contribution in [0.4, 0.5) is 0 Å².